The highest BCUT2D eigenvalue weighted by Crippen LogP contribution is 2.07. The number of nitrogens with one attached hydrogen (secondary N) is 1. The third kappa shape index (κ3) is 4.48. The molecule has 0 radical (unpaired) electrons. The molecule has 1 aliphatic rings. The van der Waals surface area contributed by atoms with Crippen LogP contribution in [0.5, 0.6) is 0 Å². The molecule has 0 bridgehead atoms. The topological polar surface area (TPSA) is 41.3 Å². The summed E-state index contributed by atoms with van der Waals surface area (Å²) in [6.07, 6.45) is 2.40. The molecule has 0 atom stereocenters. The molecule has 0 amide bonds. The lowest BCUT2D eigenvalue weighted by atomic mass is 10.1. The molecule has 1 rings (SSSR count). The maximum atomic E-state index is 5.32. The summed E-state index contributed by atoms with van der Waals surface area (Å²) in [7, 11) is 0. The van der Waals surface area contributed by atoms with Crippen molar-refractivity contribution in [3.63, 3.8) is 0 Å². The first-order valence-electron chi connectivity index (χ1n) is 4.05. The maximum Gasteiger partial charge on any atom is 0.0234 e. The van der Waals surface area contributed by atoms with Crippen molar-refractivity contribution >= 4 is 24.8 Å². The summed E-state index contributed by atoms with van der Waals surface area (Å²) in [5, 5.41) is 0. The van der Waals surface area contributed by atoms with Gasteiger partial charge in [-0.05, 0) is 32.5 Å². The number of halogens is 2. The van der Waals surface area contributed by atoms with Crippen molar-refractivity contribution in [2.24, 2.45) is 5.84 Å². The second kappa shape index (κ2) is 8.08. The lowest BCUT2D eigenvalue weighted by Crippen LogP contribution is -2.44. The minimum atomic E-state index is 0. The van der Waals surface area contributed by atoms with Crippen LogP contribution in [0, 0.1) is 0 Å². The van der Waals surface area contributed by atoms with Crippen LogP contribution in [0.1, 0.15) is 19.8 Å². The predicted molar refractivity (Wildman–Crippen MR) is 57.0 cm³/mol. The molecule has 0 saturated carbocycles. The summed E-state index contributed by atoms with van der Waals surface area (Å²) < 4.78 is 0. The van der Waals surface area contributed by atoms with Gasteiger partial charge in [0, 0.05) is 6.04 Å². The summed E-state index contributed by atoms with van der Waals surface area (Å²) in [6.45, 7) is 5.78. The van der Waals surface area contributed by atoms with E-state index < -0.39 is 0 Å². The van der Waals surface area contributed by atoms with Gasteiger partial charge < -0.3 is 4.90 Å². The zero-order valence-corrected chi connectivity index (χ0v) is 9.09. The first-order valence-corrected chi connectivity index (χ1v) is 4.05. The van der Waals surface area contributed by atoms with Crippen LogP contribution in [-0.4, -0.2) is 30.6 Å². The van der Waals surface area contributed by atoms with Gasteiger partial charge in [-0.15, -0.1) is 24.8 Å². The second-order valence-electron chi connectivity index (χ2n) is 2.88. The Hall–Kier alpha value is 0.460. The number of piperidine rings is 1. The fourth-order valence-electron chi connectivity index (χ4n) is 1.42. The van der Waals surface area contributed by atoms with Crippen molar-refractivity contribution in [1.29, 1.82) is 0 Å². The zero-order chi connectivity index (χ0) is 7.40. The van der Waals surface area contributed by atoms with Gasteiger partial charge in [0.1, 0.15) is 0 Å². The Morgan fingerprint density at radius 2 is 1.83 bits per heavy atom. The Kier molecular flexibility index (Phi) is 10.1. The number of hydrazine groups is 1. The third-order valence-electron chi connectivity index (χ3n) is 2.27. The first-order chi connectivity index (χ1) is 4.86. The van der Waals surface area contributed by atoms with Gasteiger partial charge in [0.25, 0.3) is 0 Å². The monoisotopic (exact) mass is 215 g/mol. The van der Waals surface area contributed by atoms with Gasteiger partial charge in [-0.3, -0.25) is 11.3 Å². The summed E-state index contributed by atoms with van der Waals surface area (Å²) >= 11 is 0. The molecule has 0 spiro atoms. The second-order valence-corrected chi connectivity index (χ2v) is 2.88. The SMILES string of the molecule is CCN1CCC(NN)CC1.Cl.Cl. The van der Waals surface area contributed by atoms with Gasteiger partial charge in [0.15, 0.2) is 0 Å². The number of hydrogen-bond donors (Lipinski definition) is 2. The zero-order valence-electron chi connectivity index (χ0n) is 7.45. The van der Waals surface area contributed by atoms with Crippen LogP contribution in [0.2, 0.25) is 0 Å². The average molecular weight is 216 g/mol. The van der Waals surface area contributed by atoms with Gasteiger partial charge in [-0.25, -0.2) is 0 Å². The van der Waals surface area contributed by atoms with Gasteiger partial charge in [0.05, 0.1) is 0 Å². The van der Waals surface area contributed by atoms with Gasteiger partial charge in [-0.2, -0.15) is 0 Å². The van der Waals surface area contributed by atoms with Gasteiger partial charge in [0.2, 0.25) is 0 Å². The van der Waals surface area contributed by atoms with Crippen LogP contribution in [0.3, 0.4) is 0 Å². The summed E-state index contributed by atoms with van der Waals surface area (Å²) in [5.41, 5.74) is 2.82. The lowest BCUT2D eigenvalue weighted by Gasteiger charge is -2.30. The Morgan fingerprint density at radius 3 is 2.17 bits per heavy atom. The van der Waals surface area contributed by atoms with E-state index in [4.69, 9.17) is 5.84 Å². The molecular formula is C7H19Cl2N3. The molecule has 0 aromatic heterocycles. The average Bonchev–Trinajstić information content (AvgIpc) is 2.05. The van der Waals surface area contributed by atoms with E-state index in [1.165, 1.54) is 32.5 Å². The van der Waals surface area contributed by atoms with E-state index >= 15 is 0 Å². The molecule has 3 nitrogen and oxygen atoms in total. The van der Waals surface area contributed by atoms with Crippen molar-refractivity contribution in [2.45, 2.75) is 25.8 Å². The highest BCUT2D eigenvalue weighted by atomic mass is 35.5. The number of nitrogens with two attached hydrogens (primary N) is 1. The number of likely N-dealkylation sites (tertiary alicyclic amines) is 1. The predicted octanol–water partition coefficient (Wildman–Crippen LogP) is 0.778. The highest BCUT2D eigenvalue weighted by Gasteiger charge is 2.15. The molecule has 1 aliphatic heterocycles. The van der Waals surface area contributed by atoms with Crippen molar-refractivity contribution in [2.75, 3.05) is 19.6 Å². The van der Waals surface area contributed by atoms with Crippen molar-refractivity contribution in [3.05, 3.63) is 0 Å². The normalized spacial score (nSPS) is 19.5. The summed E-state index contributed by atoms with van der Waals surface area (Å²) in [6, 6.07) is 0.558. The third-order valence-corrected chi connectivity index (χ3v) is 2.27. The van der Waals surface area contributed by atoms with E-state index in [1.54, 1.807) is 0 Å². The Balaban J connectivity index is 0. The molecule has 1 fully saturated rings. The first kappa shape index (κ1) is 15.0. The molecule has 1 saturated heterocycles. The number of nitrogens with zero attached hydrogens (tertiary/aromatic N) is 1. The molecule has 12 heavy (non-hydrogen) atoms. The van der Waals surface area contributed by atoms with E-state index in [9.17, 15) is 0 Å². The Morgan fingerprint density at radius 1 is 1.33 bits per heavy atom. The van der Waals surface area contributed by atoms with E-state index in [0.717, 1.165) is 0 Å². The number of hydrogen-bond acceptors (Lipinski definition) is 3. The standard InChI is InChI=1S/C7H17N3.2ClH/c1-2-10-5-3-7(9-8)4-6-10;;/h7,9H,2-6,8H2,1H3;2*1H. The summed E-state index contributed by atoms with van der Waals surface area (Å²) in [4.78, 5) is 2.45. The Labute approximate surface area is 86.8 Å². The molecule has 0 aromatic carbocycles. The summed E-state index contributed by atoms with van der Waals surface area (Å²) in [5.74, 6) is 5.32. The fraction of sp³-hybridized carbons (Fsp3) is 1.00. The van der Waals surface area contributed by atoms with Crippen LogP contribution < -0.4 is 11.3 Å². The van der Waals surface area contributed by atoms with Crippen LogP contribution in [0.25, 0.3) is 0 Å². The largest absolute Gasteiger partial charge is 0.303 e. The van der Waals surface area contributed by atoms with Gasteiger partial charge >= 0.3 is 0 Å². The molecule has 5 heteroatoms. The van der Waals surface area contributed by atoms with Crippen LogP contribution in [-0.2, 0) is 0 Å². The molecule has 0 aromatic rings. The molecule has 3 N–H and O–H groups in total. The van der Waals surface area contributed by atoms with E-state index in [2.05, 4.69) is 17.2 Å². The van der Waals surface area contributed by atoms with Crippen LogP contribution in [0.4, 0.5) is 0 Å². The van der Waals surface area contributed by atoms with Crippen molar-refractivity contribution in [1.82, 2.24) is 10.3 Å². The van der Waals surface area contributed by atoms with Crippen molar-refractivity contribution in [3.8, 4) is 0 Å². The molecular weight excluding hydrogens is 197 g/mol. The van der Waals surface area contributed by atoms with Crippen molar-refractivity contribution < 1.29 is 0 Å². The highest BCUT2D eigenvalue weighted by molar-refractivity contribution is 5.85. The fourth-order valence-corrected chi connectivity index (χ4v) is 1.42. The minimum absolute atomic E-state index is 0. The van der Waals surface area contributed by atoms with Crippen LogP contribution >= 0.6 is 24.8 Å². The maximum absolute atomic E-state index is 5.32. The quantitative estimate of drug-likeness (QED) is 0.529. The van der Waals surface area contributed by atoms with E-state index in [1.807, 2.05) is 0 Å². The van der Waals surface area contributed by atoms with Gasteiger partial charge in [-0.1, -0.05) is 6.92 Å². The minimum Gasteiger partial charge on any atom is -0.303 e. The van der Waals surface area contributed by atoms with Crippen LogP contribution in [0.15, 0.2) is 0 Å². The molecule has 1 heterocycles. The molecule has 0 aliphatic carbocycles. The van der Waals surface area contributed by atoms with E-state index in [-0.39, 0.29) is 24.8 Å². The van der Waals surface area contributed by atoms with E-state index in [0.29, 0.717) is 6.04 Å². The number of rotatable bonds is 2. The Bertz CT molecular complexity index is 82.7. The molecule has 76 valence electrons. The molecule has 0 unspecified atom stereocenters. The smallest absolute Gasteiger partial charge is 0.0234 e. The lowest BCUT2D eigenvalue weighted by molar-refractivity contribution is 0.207.